The summed E-state index contributed by atoms with van der Waals surface area (Å²) in [6.07, 6.45) is 3.47. The standard InChI is InChI=1S/C11H18N4O/c1-8(16)9-3-6-15(7-4-9)10-2-5-13-11(12)14-10/h2,5,8-9,16H,3-4,6-7H2,1H3,(H2,12,13,14). The molecule has 0 spiro atoms. The molecule has 1 atom stereocenters. The Morgan fingerprint density at radius 1 is 1.50 bits per heavy atom. The van der Waals surface area contributed by atoms with Crippen LogP contribution in [0, 0.1) is 5.92 Å². The number of aliphatic hydroxyl groups is 1. The van der Waals surface area contributed by atoms with Gasteiger partial charge in [-0.25, -0.2) is 4.98 Å². The zero-order valence-electron chi connectivity index (χ0n) is 9.50. The van der Waals surface area contributed by atoms with Crippen molar-refractivity contribution in [3.05, 3.63) is 12.3 Å². The number of piperidine rings is 1. The van der Waals surface area contributed by atoms with Gasteiger partial charge in [-0.05, 0) is 31.7 Å². The average Bonchev–Trinajstić information content (AvgIpc) is 2.29. The minimum absolute atomic E-state index is 0.211. The fourth-order valence-electron chi connectivity index (χ4n) is 2.15. The van der Waals surface area contributed by atoms with E-state index in [0.29, 0.717) is 11.9 Å². The van der Waals surface area contributed by atoms with Crippen LogP contribution in [0.25, 0.3) is 0 Å². The van der Waals surface area contributed by atoms with E-state index in [-0.39, 0.29) is 6.10 Å². The van der Waals surface area contributed by atoms with Crippen LogP contribution in [-0.4, -0.2) is 34.3 Å². The molecule has 0 saturated carbocycles. The van der Waals surface area contributed by atoms with E-state index in [1.54, 1.807) is 6.20 Å². The van der Waals surface area contributed by atoms with Crippen molar-refractivity contribution in [2.24, 2.45) is 5.92 Å². The van der Waals surface area contributed by atoms with Crippen LogP contribution >= 0.6 is 0 Å². The first-order valence-corrected chi connectivity index (χ1v) is 5.68. The predicted molar refractivity (Wildman–Crippen MR) is 63.1 cm³/mol. The SMILES string of the molecule is CC(O)C1CCN(c2ccnc(N)n2)CC1. The number of anilines is 2. The first-order chi connectivity index (χ1) is 7.66. The van der Waals surface area contributed by atoms with Crippen LogP contribution in [0.5, 0.6) is 0 Å². The van der Waals surface area contributed by atoms with Crippen LogP contribution in [0.15, 0.2) is 12.3 Å². The van der Waals surface area contributed by atoms with E-state index in [1.807, 2.05) is 13.0 Å². The van der Waals surface area contributed by atoms with Gasteiger partial charge in [0.15, 0.2) is 0 Å². The lowest BCUT2D eigenvalue weighted by atomic mass is 9.92. The minimum atomic E-state index is -0.211. The van der Waals surface area contributed by atoms with Crippen LogP contribution in [0.2, 0.25) is 0 Å². The Bertz CT molecular complexity index is 348. The molecule has 0 bridgehead atoms. The average molecular weight is 222 g/mol. The van der Waals surface area contributed by atoms with Crippen molar-refractivity contribution in [3.63, 3.8) is 0 Å². The largest absolute Gasteiger partial charge is 0.393 e. The lowest BCUT2D eigenvalue weighted by Gasteiger charge is -2.33. The van der Waals surface area contributed by atoms with E-state index in [0.717, 1.165) is 31.7 Å². The quantitative estimate of drug-likeness (QED) is 0.768. The van der Waals surface area contributed by atoms with Gasteiger partial charge in [-0.15, -0.1) is 0 Å². The van der Waals surface area contributed by atoms with E-state index < -0.39 is 0 Å². The number of hydrogen-bond acceptors (Lipinski definition) is 5. The van der Waals surface area contributed by atoms with Crippen LogP contribution in [0.4, 0.5) is 11.8 Å². The van der Waals surface area contributed by atoms with Crippen LogP contribution in [-0.2, 0) is 0 Å². The summed E-state index contributed by atoms with van der Waals surface area (Å²) in [5.41, 5.74) is 5.55. The molecule has 1 aliphatic rings. The highest BCUT2D eigenvalue weighted by atomic mass is 16.3. The number of nitrogens with two attached hydrogens (primary N) is 1. The van der Waals surface area contributed by atoms with Crippen molar-refractivity contribution in [1.82, 2.24) is 9.97 Å². The Kier molecular flexibility index (Phi) is 3.24. The second-order valence-corrected chi connectivity index (χ2v) is 4.34. The topological polar surface area (TPSA) is 75.3 Å². The van der Waals surface area contributed by atoms with Gasteiger partial charge in [0.1, 0.15) is 5.82 Å². The Morgan fingerprint density at radius 3 is 2.75 bits per heavy atom. The number of aromatic nitrogens is 2. The van der Waals surface area contributed by atoms with E-state index in [9.17, 15) is 5.11 Å². The highest BCUT2D eigenvalue weighted by molar-refractivity contribution is 5.41. The molecule has 5 heteroatoms. The third-order valence-corrected chi connectivity index (χ3v) is 3.21. The third kappa shape index (κ3) is 2.41. The van der Waals surface area contributed by atoms with E-state index in [2.05, 4.69) is 14.9 Å². The van der Waals surface area contributed by atoms with Crippen molar-refractivity contribution in [2.75, 3.05) is 23.7 Å². The van der Waals surface area contributed by atoms with Gasteiger partial charge in [-0.2, -0.15) is 4.98 Å². The Labute approximate surface area is 95.3 Å². The fourth-order valence-corrected chi connectivity index (χ4v) is 2.15. The predicted octanol–water partition coefficient (Wildman–Crippen LogP) is 0.656. The molecule has 2 rings (SSSR count). The van der Waals surface area contributed by atoms with Gasteiger partial charge in [0.05, 0.1) is 6.10 Å². The molecule has 1 saturated heterocycles. The van der Waals surface area contributed by atoms with Gasteiger partial charge >= 0.3 is 0 Å². The maximum absolute atomic E-state index is 9.51. The number of rotatable bonds is 2. The monoisotopic (exact) mass is 222 g/mol. The number of hydrogen-bond donors (Lipinski definition) is 2. The molecular weight excluding hydrogens is 204 g/mol. The summed E-state index contributed by atoms with van der Waals surface area (Å²) in [7, 11) is 0. The summed E-state index contributed by atoms with van der Waals surface area (Å²) in [6.45, 7) is 3.71. The summed E-state index contributed by atoms with van der Waals surface area (Å²) in [5.74, 6) is 1.61. The second-order valence-electron chi connectivity index (χ2n) is 4.34. The molecule has 0 aromatic carbocycles. The van der Waals surface area contributed by atoms with Crippen molar-refractivity contribution in [1.29, 1.82) is 0 Å². The first kappa shape index (κ1) is 11.1. The van der Waals surface area contributed by atoms with E-state index in [1.165, 1.54) is 0 Å². The second kappa shape index (κ2) is 4.65. The number of nitrogen functional groups attached to an aromatic ring is 1. The molecule has 16 heavy (non-hydrogen) atoms. The molecule has 2 heterocycles. The maximum atomic E-state index is 9.51. The molecular formula is C11H18N4O. The maximum Gasteiger partial charge on any atom is 0.221 e. The van der Waals surface area contributed by atoms with Gasteiger partial charge in [-0.1, -0.05) is 0 Å². The number of aliphatic hydroxyl groups excluding tert-OH is 1. The van der Waals surface area contributed by atoms with Gasteiger partial charge in [0, 0.05) is 19.3 Å². The van der Waals surface area contributed by atoms with Gasteiger partial charge in [0.25, 0.3) is 0 Å². The summed E-state index contributed by atoms with van der Waals surface area (Å²) in [6, 6.07) is 1.87. The number of nitrogens with zero attached hydrogens (tertiary/aromatic N) is 3. The molecule has 5 nitrogen and oxygen atoms in total. The van der Waals surface area contributed by atoms with Crippen LogP contribution in [0.3, 0.4) is 0 Å². The lowest BCUT2D eigenvalue weighted by molar-refractivity contribution is 0.110. The fraction of sp³-hybridized carbons (Fsp3) is 0.636. The molecule has 1 aromatic rings. The molecule has 1 aliphatic heterocycles. The molecule has 0 radical (unpaired) electrons. The van der Waals surface area contributed by atoms with Crippen molar-refractivity contribution in [2.45, 2.75) is 25.9 Å². The molecule has 0 aliphatic carbocycles. The molecule has 1 unspecified atom stereocenters. The Hall–Kier alpha value is -1.36. The molecule has 88 valence electrons. The van der Waals surface area contributed by atoms with Gasteiger partial charge in [0.2, 0.25) is 5.95 Å². The van der Waals surface area contributed by atoms with Crippen molar-refractivity contribution < 1.29 is 5.11 Å². The summed E-state index contributed by atoms with van der Waals surface area (Å²) in [5, 5.41) is 9.51. The summed E-state index contributed by atoms with van der Waals surface area (Å²) >= 11 is 0. The third-order valence-electron chi connectivity index (χ3n) is 3.21. The molecule has 1 fully saturated rings. The van der Waals surface area contributed by atoms with Crippen LogP contribution < -0.4 is 10.6 Å². The van der Waals surface area contributed by atoms with Crippen LogP contribution in [0.1, 0.15) is 19.8 Å². The molecule has 0 amide bonds. The first-order valence-electron chi connectivity index (χ1n) is 5.68. The smallest absolute Gasteiger partial charge is 0.221 e. The highest BCUT2D eigenvalue weighted by Crippen LogP contribution is 2.23. The van der Waals surface area contributed by atoms with E-state index in [4.69, 9.17) is 5.73 Å². The van der Waals surface area contributed by atoms with Gasteiger partial charge in [-0.3, -0.25) is 0 Å². The molecule has 1 aromatic heterocycles. The lowest BCUT2D eigenvalue weighted by Crippen LogP contribution is -2.37. The summed E-state index contributed by atoms with van der Waals surface area (Å²) in [4.78, 5) is 10.3. The van der Waals surface area contributed by atoms with Crippen molar-refractivity contribution in [3.8, 4) is 0 Å². The van der Waals surface area contributed by atoms with Crippen molar-refractivity contribution >= 4 is 11.8 Å². The zero-order chi connectivity index (χ0) is 11.5. The zero-order valence-corrected chi connectivity index (χ0v) is 9.50. The summed E-state index contributed by atoms with van der Waals surface area (Å²) < 4.78 is 0. The Morgan fingerprint density at radius 2 is 2.19 bits per heavy atom. The van der Waals surface area contributed by atoms with Gasteiger partial charge < -0.3 is 15.7 Å². The normalized spacial score (nSPS) is 19.8. The van der Waals surface area contributed by atoms with E-state index >= 15 is 0 Å². The highest BCUT2D eigenvalue weighted by Gasteiger charge is 2.23. The Balaban J connectivity index is 1.99. The molecule has 3 N–H and O–H groups in total. The minimum Gasteiger partial charge on any atom is -0.393 e.